The van der Waals surface area contributed by atoms with Crippen molar-refractivity contribution in [2.45, 2.75) is 19.3 Å². The molecule has 2 aromatic rings. The molecule has 2 N–H and O–H groups in total. The Morgan fingerprint density at radius 3 is 2.76 bits per heavy atom. The Kier molecular flexibility index (Phi) is 3.48. The van der Waals surface area contributed by atoms with Gasteiger partial charge in [-0.25, -0.2) is 0 Å². The highest BCUT2D eigenvalue weighted by atomic mass is 16.5. The molecule has 0 unspecified atom stereocenters. The van der Waals surface area contributed by atoms with Crippen LogP contribution in [-0.4, -0.2) is 17.3 Å². The van der Waals surface area contributed by atoms with E-state index in [-0.39, 0.29) is 0 Å². The highest BCUT2D eigenvalue weighted by molar-refractivity contribution is 5.74. The van der Waals surface area contributed by atoms with Crippen molar-refractivity contribution in [2.24, 2.45) is 0 Å². The van der Waals surface area contributed by atoms with Crippen LogP contribution < -0.4 is 15.7 Å². The molecular weight excluding hydrogens is 268 g/mol. The van der Waals surface area contributed by atoms with Crippen LogP contribution in [0.15, 0.2) is 39.9 Å². The number of aromatic amines is 2. The highest BCUT2D eigenvalue weighted by Crippen LogP contribution is 2.33. The predicted molar refractivity (Wildman–Crippen MR) is 80.7 cm³/mol. The molecule has 5 heteroatoms. The summed E-state index contributed by atoms with van der Waals surface area (Å²) in [6.45, 7) is 0. The molecule has 3 rings (SSSR count). The topological polar surface area (TPSA) is 75.0 Å². The van der Waals surface area contributed by atoms with Crippen LogP contribution in [0.4, 0.5) is 0 Å². The maximum atomic E-state index is 11.3. The Labute approximate surface area is 121 Å². The Bertz CT molecular complexity index is 815. The number of nitrogens with one attached hydrogen (secondary N) is 2. The molecule has 5 nitrogen and oxygen atoms in total. The first-order chi connectivity index (χ1) is 10.2. The number of allylic oxidation sites excluding steroid dienone is 2. The van der Waals surface area contributed by atoms with E-state index >= 15 is 0 Å². The van der Waals surface area contributed by atoms with Gasteiger partial charge in [-0.1, -0.05) is 12.1 Å². The summed E-state index contributed by atoms with van der Waals surface area (Å²) < 4.78 is 5.27. The zero-order valence-corrected chi connectivity index (χ0v) is 11.7. The number of aryl methyl sites for hydroxylation is 1. The summed E-state index contributed by atoms with van der Waals surface area (Å²) >= 11 is 0. The van der Waals surface area contributed by atoms with Crippen molar-refractivity contribution in [1.29, 1.82) is 0 Å². The number of hydrogen-bond acceptors (Lipinski definition) is 3. The summed E-state index contributed by atoms with van der Waals surface area (Å²) in [6.07, 6.45) is 4.61. The summed E-state index contributed by atoms with van der Waals surface area (Å²) in [5.41, 5.74) is 3.36. The minimum Gasteiger partial charge on any atom is -0.497 e. The lowest BCUT2D eigenvalue weighted by Crippen LogP contribution is -2.27. The van der Waals surface area contributed by atoms with E-state index in [1.54, 1.807) is 7.11 Å². The number of benzene rings is 1. The SMILES string of the molecule is COc1ccc2c(c1)C(CCc1cc(=O)c(=O)[nH][nH]1)=CC2. The fraction of sp³-hybridized carbons (Fsp3) is 0.250. The van der Waals surface area contributed by atoms with Crippen LogP contribution in [0.5, 0.6) is 5.75 Å². The molecule has 1 heterocycles. The van der Waals surface area contributed by atoms with E-state index in [9.17, 15) is 9.59 Å². The lowest BCUT2D eigenvalue weighted by molar-refractivity contribution is 0.414. The van der Waals surface area contributed by atoms with Crippen molar-refractivity contribution in [3.8, 4) is 5.75 Å². The minimum absolute atomic E-state index is 0.508. The largest absolute Gasteiger partial charge is 0.497 e. The normalized spacial score (nSPS) is 12.9. The van der Waals surface area contributed by atoms with Gasteiger partial charge in [-0.2, -0.15) is 0 Å². The van der Waals surface area contributed by atoms with Crippen LogP contribution in [0.1, 0.15) is 23.2 Å². The molecule has 0 saturated carbocycles. The first-order valence-electron chi connectivity index (χ1n) is 6.84. The number of hydrogen-bond donors (Lipinski definition) is 2. The lowest BCUT2D eigenvalue weighted by atomic mass is 10.0. The second-order valence-electron chi connectivity index (χ2n) is 5.07. The number of rotatable bonds is 4. The summed E-state index contributed by atoms with van der Waals surface area (Å²) in [7, 11) is 1.66. The van der Waals surface area contributed by atoms with Gasteiger partial charge in [-0.05, 0) is 48.1 Å². The number of fused-ring (bicyclic) bond motifs is 1. The molecule has 0 bridgehead atoms. The third kappa shape index (κ3) is 2.67. The van der Waals surface area contributed by atoms with Crippen LogP contribution in [0.2, 0.25) is 0 Å². The van der Waals surface area contributed by atoms with E-state index in [1.165, 1.54) is 22.8 Å². The second-order valence-corrected chi connectivity index (χ2v) is 5.07. The summed E-state index contributed by atoms with van der Waals surface area (Å²) in [5, 5.41) is 5.11. The lowest BCUT2D eigenvalue weighted by Gasteiger charge is -2.08. The number of ether oxygens (including phenoxy) is 1. The van der Waals surface area contributed by atoms with E-state index in [0.29, 0.717) is 6.42 Å². The highest BCUT2D eigenvalue weighted by Gasteiger charge is 2.15. The molecule has 0 radical (unpaired) electrons. The average Bonchev–Trinajstić information content (AvgIpc) is 2.90. The minimum atomic E-state index is -0.617. The molecule has 21 heavy (non-hydrogen) atoms. The van der Waals surface area contributed by atoms with E-state index in [4.69, 9.17) is 4.74 Å². The van der Waals surface area contributed by atoms with Crippen molar-refractivity contribution in [3.05, 3.63) is 67.7 Å². The quantitative estimate of drug-likeness (QED) is 0.838. The monoisotopic (exact) mass is 284 g/mol. The van der Waals surface area contributed by atoms with Gasteiger partial charge in [-0.3, -0.25) is 14.7 Å². The first-order valence-corrected chi connectivity index (χ1v) is 6.84. The van der Waals surface area contributed by atoms with E-state index in [0.717, 1.165) is 24.3 Å². The van der Waals surface area contributed by atoms with Gasteiger partial charge in [0.1, 0.15) is 5.75 Å². The van der Waals surface area contributed by atoms with Gasteiger partial charge in [0.05, 0.1) is 7.11 Å². The maximum absolute atomic E-state index is 11.3. The standard InChI is InChI=1S/C16H16N2O3/c1-21-13-7-5-11-3-2-10(14(11)9-13)4-6-12-8-15(19)16(20)18-17-12/h2,5,7-9H,3-4,6H2,1H3,(H,17,19)(H,18,20). The third-order valence-electron chi connectivity index (χ3n) is 3.76. The number of H-pyrrole nitrogens is 2. The van der Waals surface area contributed by atoms with Gasteiger partial charge in [0.15, 0.2) is 0 Å². The summed E-state index contributed by atoms with van der Waals surface area (Å²) in [5.74, 6) is 0.846. The van der Waals surface area contributed by atoms with Gasteiger partial charge in [0, 0.05) is 11.8 Å². The Hall–Kier alpha value is -2.56. The molecule has 0 amide bonds. The smallest absolute Gasteiger partial charge is 0.310 e. The fourth-order valence-corrected chi connectivity index (χ4v) is 2.60. The molecule has 1 aromatic heterocycles. The molecule has 1 aliphatic carbocycles. The molecule has 0 fully saturated rings. The molecule has 1 aromatic carbocycles. The van der Waals surface area contributed by atoms with E-state index < -0.39 is 11.0 Å². The van der Waals surface area contributed by atoms with E-state index in [1.807, 2.05) is 12.1 Å². The second kappa shape index (κ2) is 5.44. The van der Waals surface area contributed by atoms with Gasteiger partial charge >= 0.3 is 5.56 Å². The van der Waals surface area contributed by atoms with Crippen LogP contribution >= 0.6 is 0 Å². The molecular formula is C16H16N2O3. The molecule has 1 aliphatic rings. The van der Waals surface area contributed by atoms with Gasteiger partial charge in [0.25, 0.3) is 0 Å². The maximum Gasteiger partial charge on any atom is 0.310 e. The average molecular weight is 284 g/mol. The Morgan fingerprint density at radius 1 is 1.14 bits per heavy atom. The van der Waals surface area contributed by atoms with Gasteiger partial charge < -0.3 is 9.84 Å². The van der Waals surface area contributed by atoms with E-state index in [2.05, 4.69) is 22.3 Å². The van der Waals surface area contributed by atoms with Crippen LogP contribution in [0, 0.1) is 0 Å². The molecule has 108 valence electrons. The van der Waals surface area contributed by atoms with Crippen LogP contribution in [-0.2, 0) is 12.8 Å². The fourth-order valence-electron chi connectivity index (χ4n) is 2.60. The molecule has 0 saturated heterocycles. The van der Waals surface area contributed by atoms with Crippen molar-refractivity contribution in [3.63, 3.8) is 0 Å². The van der Waals surface area contributed by atoms with Crippen molar-refractivity contribution in [1.82, 2.24) is 10.2 Å². The molecule has 0 aliphatic heterocycles. The summed E-state index contributed by atoms with van der Waals surface area (Å²) in [4.78, 5) is 22.4. The van der Waals surface area contributed by atoms with Gasteiger partial charge in [0.2, 0.25) is 5.43 Å². The summed E-state index contributed by atoms with van der Waals surface area (Å²) in [6, 6.07) is 7.46. The van der Waals surface area contributed by atoms with Crippen molar-refractivity contribution in [2.75, 3.05) is 7.11 Å². The number of aromatic nitrogens is 2. The zero-order valence-electron chi connectivity index (χ0n) is 11.7. The number of methoxy groups -OCH3 is 1. The molecule has 0 atom stereocenters. The predicted octanol–water partition coefficient (Wildman–Crippen LogP) is 1.64. The molecule has 0 spiro atoms. The first kappa shape index (κ1) is 13.4. The third-order valence-corrected chi connectivity index (χ3v) is 3.76. The van der Waals surface area contributed by atoms with Crippen LogP contribution in [0.25, 0.3) is 5.57 Å². The zero-order chi connectivity index (χ0) is 14.8. The van der Waals surface area contributed by atoms with Gasteiger partial charge in [-0.15, -0.1) is 0 Å². The van der Waals surface area contributed by atoms with Crippen LogP contribution in [0.3, 0.4) is 0 Å². The van der Waals surface area contributed by atoms with Crippen molar-refractivity contribution < 1.29 is 4.74 Å². The van der Waals surface area contributed by atoms with Crippen molar-refractivity contribution >= 4 is 5.57 Å². The Morgan fingerprint density at radius 2 is 2.00 bits per heavy atom. The Balaban J connectivity index is 1.77.